The number of guanidine groups is 1. The summed E-state index contributed by atoms with van der Waals surface area (Å²) in [5, 5.41) is 6.82. The second-order valence-electron chi connectivity index (χ2n) is 8.62. The molecule has 1 saturated heterocycles. The summed E-state index contributed by atoms with van der Waals surface area (Å²) in [5.74, 6) is 1.19. The number of hydrogen-bond acceptors (Lipinski definition) is 4. The number of carbonyl (C=O) groups excluding carboxylic acids is 1. The van der Waals surface area contributed by atoms with Crippen LogP contribution in [0.25, 0.3) is 0 Å². The van der Waals surface area contributed by atoms with Crippen LogP contribution in [0.2, 0.25) is 0 Å². The van der Waals surface area contributed by atoms with Crippen LogP contribution in [0.5, 0.6) is 0 Å². The number of ether oxygens (including phenoxy) is 1. The summed E-state index contributed by atoms with van der Waals surface area (Å²) < 4.78 is 5.97. The molecule has 4 aliphatic rings. The Labute approximate surface area is 162 Å². The van der Waals surface area contributed by atoms with Gasteiger partial charge in [-0.2, -0.15) is 0 Å². The van der Waals surface area contributed by atoms with Crippen molar-refractivity contribution in [3.05, 3.63) is 0 Å². The minimum atomic E-state index is 0.178. The standard InChI is InChI=1S/C20H35N5O2/c1-3-27-17-13-16(20(17)7-4-8-20)23-19(21-2)25-11-9-24(10-12-25)14-18(26)22-15-5-6-15/h15-17H,3-14H2,1-2H3,(H,21,23)(H,22,26). The predicted octanol–water partition coefficient (Wildman–Crippen LogP) is 0.806. The number of nitrogens with zero attached hydrogens (tertiary/aromatic N) is 3. The van der Waals surface area contributed by atoms with E-state index < -0.39 is 0 Å². The Morgan fingerprint density at radius 3 is 2.48 bits per heavy atom. The third-order valence-electron chi connectivity index (χ3n) is 6.93. The molecule has 3 aliphatic carbocycles. The van der Waals surface area contributed by atoms with E-state index in [1.807, 2.05) is 7.05 Å². The first-order valence-electron chi connectivity index (χ1n) is 10.8. The molecule has 0 aromatic carbocycles. The fraction of sp³-hybridized carbons (Fsp3) is 0.900. The molecule has 3 saturated carbocycles. The molecule has 2 unspecified atom stereocenters. The van der Waals surface area contributed by atoms with Crippen molar-refractivity contribution < 1.29 is 9.53 Å². The molecule has 1 aliphatic heterocycles. The van der Waals surface area contributed by atoms with Gasteiger partial charge in [0.05, 0.1) is 12.6 Å². The van der Waals surface area contributed by atoms with E-state index in [4.69, 9.17) is 4.74 Å². The molecule has 152 valence electrons. The Hall–Kier alpha value is -1.34. The van der Waals surface area contributed by atoms with E-state index in [0.29, 0.717) is 30.1 Å². The van der Waals surface area contributed by atoms with Crippen molar-refractivity contribution in [2.75, 3.05) is 46.4 Å². The molecule has 4 fully saturated rings. The van der Waals surface area contributed by atoms with Crippen molar-refractivity contribution in [2.24, 2.45) is 10.4 Å². The number of amides is 1. The Kier molecular flexibility index (Phi) is 5.60. The number of rotatable bonds is 6. The molecular formula is C20H35N5O2. The normalized spacial score (nSPS) is 30.6. The van der Waals surface area contributed by atoms with Gasteiger partial charge in [-0.1, -0.05) is 6.42 Å². The van der Waals surface area contributed by atoms with E-state index >= 15 is 0 Å². The van der Waals surface area contributed by atoms with Crippen LogP contribution in [0.1, 0.15) is 45.4 Å². The van der Waals surface area contributed by atoms with Crippen molar-refractivity contribution in [1.29, 1.82) is 0 Å². The molecule has 0 aromatic rings. The molecule has 27 heavy (non-hydrogen) atoms. The number of piperazine rings is 1. The van der Waals surface area contributed by atoms with Crippen LogP contribution in [-0.2, 0) is 9.53 Å². The maximum absolute atomic E-state index is 12.0. The predicted molar refractivity (Wildman–Crippen MR) is 106 cm³/mol. The second kappa shape index (κ2) is 7.95. The Morgan fingerprint density at radius 1 is 1.19 bits per heavy atom. The maximum Gasteiger partial charge on any atom is 0.234 e. The van der Waals surface area contributed by atoms with Gasteiger partial charge in [-0.3, -0.25) is 14.7 Å². The minimum Gasteiger partial charge on any atom is -0.378 e. The fourth-order valence-corrected chi connectivity index (χ4v) is 4.92. The van der Waals surface area contributed by atoms with Crippen molar-refractivity contribution >= 4 is 11.9 Å². The molecule has 1 spiro atoms. The van der Waals surface area contributed by atoms with Crippen molar-refractivity contribution in [3.8, 4) is 0 Å². The average Bonchev–Trinajstić information content (AvgIpc) is 3.41. The molecule has 1 amide bonds. The van der Waals surface area contributed by atoms with Crippen LogP contribution in [0.15, 0.2) is 4.99 Å². The lowest BCUT2D eigenvalue weighted by Gasteiger charge is -2.61. The van der Waals surface area contributed by atoms with Gasteiger partial charge in [-0.25, -0.2) is 0 Å². The molecule has 2 N–H and O–H groups in total. The number of carbonyl (C=O) groups is 1. The van der Waals surface area contributed by atoms with Gasteiger partial charge in [0.1, 0.15) is 0 Å². The first-order valence-corrected chi connectivity index (χ1v) is 10.8. The average molecular weight is 378 g/mol. The first-order chi connectivity index (χ1) is 13.1. The number of hydrogen-bond donors (Lipinski definition) is 2. The molecule has 4 rings (SSSR count). The van der Waals surface area contributed by atoms with E-state index in [1.165, 1.54) is 19.3 Å². The zero-order valence-electron chi connectivity index (χ0n) is 16.9. The lowest BCUT2D eigenvalue weighted by molar-refractivity contribution is -0.169. The topological polar surface area (TPSA) is 69.2 Å². The van der Waals surface area contributed by atoms with Gasteiger partial charge >= 0.3 is 0 Å². The summed E-state index contributed by atoms with van der Waals surface area (Å²) in [6, 6.07) is 0.937. The van der Waals surface area contributed by atoms with Crippen LogP contribution in [0, 0.1) is 5.41 Å². The van der Waals surface area contributed by atoms with Crippen LogP contribution in [-0.4, -0.2) is 86.2 Å². The summed E-state index contributed by atoms with van der Waals surface area (Å²) >= 11 is 0. The summed E-state index contributed by atoms with van der Waals surface area (Å²) in [6.07, 6.45) is 7.68. The molecule has 0 radical (unpaired) electrons. The molecule has 0 aromatic heterocycles. The quantitative estimate of drug-likeness (QED) is 0.529. The van der Waals surface area contributed by atoms with Crippen LogP contribution in [0.3, 0.4) is 0 Å². The maximum atomic E-state index is 12.0. The summed E-state index contributed by atoms with van der Waals surface area (Å²) in [6.45, 7) is 7.10. The summed E-state index contributed by atoms with van der Waals surface area (Å²) in [5.41, 5.74) is 0.342. The highest BCUT2D eigenvalue weighted by Crippen LogP contribution is 2.57. The second-order valence-corrected chi connectivity index (χ2v) is 8.62. The van der Waals surface area contributed by atoms with Gasteiger partial charge in [0.25, 0.3) is 0 Å². The largest absolute Gasteiger partial charge is 0.378 e. The molecule has 7 nitrogen and oxygen atoms in total. The Bertz CT molecular complexity index is 565. The molecule has 1 heterocycles. The Balaban J connectivity index is 1.24. The van der Waals surface area contributed by atoms with Gasteiger partial charge in [-0.05, 0) is 39.0 Å². The van der Waals surface area contributed by atoms with Gasteiger partial charge in [0, 0.05) is 57.3 Å². The third kappa shape index (κ3) is 3.94. The smallest absolute Gasteiger partial charge is 0.234 e. The van der Waals surface area contributed by atoms with E-state index in [1.54, 1.807) is 0 Å². The van der Waals surface area contributed by atoms with Crippen LogP contribution < -0.4 is 10.6 Å². The first kappa shape index (κ1) is 19.0. The molecular weight excluding hydrogens is 342 g/mol. The highest BCUT2D eigenvalue weighted by atomic mass is 16.5. The SMILES string of the molecule is CCOC1CC(NC(=NC)N2CCN(CC(=O)NC3CC3)CC2)C12CCC2. The number of aliphatic imine (C=N–C) groups is 1. The van der Waals surface area contributed by atoms with E-state index in [-0.39, 0.29) is 5.91 Å². The van der Waals surface area contributed by atoms with Crippen molar-refractivity contribution in [3.63, 3.8) is 0 Å². The van der Waals surface area contributed by atoms with E-state index in [2.05, 4.69) is 32.3 Å². The monoisotopic (exact) mass is 377 g/mol. The highest BCUT2D eigenvalue weighted by molar-refractivity contribution is 5.81. The summed E-state index contributed by atoms with van der Waals surface area (Å²) in [4.78, 5) is 21.2. The minimum absolute atomic E-state index is 0.178. The van der Waals surface area contributed by atoms with E-state index in [9.17, 15) is 4.79 Å². The lowest BCUT2D eigenvalue weighted by atomic mass is 9.51. The molecule has 0 bridgehead atoms. The van der Waals surface area contributed by atoms with Crippen LogP contribution >= 0.6 is 0 Å². The summed E-state index contributed by atoms with van der Waals surface area (Å²) in [7, 11) is 1.88. The van der Waals surface area contributed by atoms with Gasteiger partial charge < -0.3 is 20.3 Å². The van der Waals surface area contributed by atoms with Gasteiger partial charge in [0.2, 0.25) is 5.91 Å². The molecule has 7 heteroatoms. The number of nitrogens with one attached hydrogen (secondary N) is 2. The van der Waals surface area contributed by atoms with Crippen molar-refractivity contribution in [2.45, 2.75) is 63.6 Å². The zero-order valence-corrected chi connectivity index (χ0v) is 16.9. The van der Waals surface area contributed by atoms with E-state index in [0.717, 1.165) is 58.0 Å². The lowest BCUT2D eigenvalue weighted by Crippen LogP contribution is -2.69. The van der Waals surface area contributed by atoms with Gasteiger partial charge in [-0.15, -0.1) is 0 Å². The highest BCUT2D eigenvalue weighted by Gasteiger charge is 2.59. The zero-order chi connectivity index (χ0) is 18.9. The van der Waals surface area contributed by atoms with Crippen molar-refractivity contribution in [1.82, 2.24) is 20.4 Å². The van der Waals surface area contributed by atoms with Crippen LogP contribution in [0.4, 0.5) is 0 Å². The molecule has 2 atom stereocenters. The van der Waals surface area contributed by atoms with Gasteiger partial charge in [0.15, 0.2) is 5.96 Å². The fourth-order valence-electron chi connectivity index (χ4n) is 4.92. The Morgan fingerprint density at radius 2 is 1.93 bits per heavy atom. The third-order valence-corrected chi connectivity index (χ3v) is 6.93.